The number of amides is 1. The normalized spacial score (nSPS) is 13.5. The lowest BCUT2D eigenvalue weighted by molar-refractivity contribution is -0.123. The molecule has 2 atom stereocenters. The Bertz CT molecular complexity index is 977. The third kappa shape index (κ3) is 6.87. The molecule has 0 radical (unpaired) electrons. The molecule has 0 spiro atoms. The maximum absolute atomic E-state index is 13.3. The van der Waals surface area contributed by atoms with Crippen molar-refractivity contribution >= 4 is 33.2 Å². The molecule has 2 aromatic carbocycles. The van der Waals surface area contributed by atoms with Crippen LogP contribution in [0.1, 0.15) is 45.2 Å². The second-order valence-corrected chi connectivity index (χ2v) is 10.2. The zero-order chi connectivity index (χ0) is 23.2. The molecule has 2 aromatic rings. The maximum Gasteiger partial charge on any atom is 0.244 e. The van der Waals surface area contributed by atoms with E-state index < -0.39 is 16.1 Å². The number of carbonyl (C=O) groups excluding carboxylic acids is 1. The van der Waals surface area contributed by atoms with Gasteiger partial charge in [0.15, 0.2) is 0 Å². The van der Waals surface area contributed by atoms with Gasteiger partial charge in [-0.3, -0.25) is 9.10 Å². The molecule has 0 aliphatic rings. The zero-order valence-electron chi connectivity index (χ0n) is 18.6. The number of sulfonamides is 1. The number of ether oxygens (including phenoxy) is 1. The van der Waals surface area contributed by atoms with E-state index in [0.29, 0.717) is 29.5 Å². The number of benzene rings is 2. The van der Waals surface area contributed by atoms with Gasteiger partial charge in [0.05, 0.1) is 25.1 Å². The van der Waals surface area contributed by atoms with Gasteiger partial charge >= 0.3 is 0 Å². The van der Waals surface area contributed by atoms with E-state index in [1.807, 2.05) is 24.3 Å². The van der Waals surface area contributed by atoms with Crippen LogP contribution >= 0.6 is 11.6 Å². The number of halogens is 1. The highest BCUT2D eigenvalue weighted by molar-refractivity contribution is 7.92. The predicted molar refractivity (Wildman–Crippen MR) is 126 cm³/mol. The van der Waals surface area contributed by atoms with Crippen LogP contribution in [0, 0.1) is 5.92 Å². The number of methoxy groups -OCH3 is 1. The van der Waals surface area contributed by atoms with Crippen LogP contribution in [0.25, 0.3) is 0 Å². The van der Waals surface area contributed by atoms with Crippen molar-refractivity contribution in [3.63, 3.8) is 0 Å². The smallest absolute Gasteiger partial charge is 0.244 e. The Labute approximate surface area is 190 Å². The third-order valence-electron chi connectivity index (χ3n) is 4.93. The summed E-state index contributed by atoms with van der Waals surface area (Å²) in [6.07, 6.45) is 2.12. The fourth-order valence-electron chi connectivity index (χ4n) is 3.53. The highest BCUT2D eigenvalue weighted by atomic mass is 35.5. The van der Waals surface area contributed by atoms with Crippen molar-refractivity contribution < 1.29 is 17.9 Å². The van der Waals surface area contributed by atoms with Gasteiger partial charge in [-0.05, 0) is 54.7 Å². The van der Waals surface area contributed by atoms with E-state index in [-0.39, 0.29) is 11.9 Å². The number of nitrogens with zero attached hydrogens (tertiary/aromatic N) is 1. The molecule has 1 amide bonds. The van der Waals surface area contributed by atoms with Crippen LogP contribution < -0.4 is 14.4 Å². The molecular formula is C23H31ClN2O4S. The van der Waals surface area contributed by atoms with Gasteiger partial charge in [0.2, 0.25) is 15.9 Å². The fraction of sp³-hybridized carbons (Fsp3) is 0.435. The van der Waals surface area contributed by atoms with Crippen molar-refractivity contribution in [2.75, 3.05) is 17.7 Å². The van der Waals surface area contributed by atoms with Crippen LogP contribution in [-0.2, 0) is 14.8 Å². The quantitative estimate of drug-likeness (QED) is 0.545. The highest BCUT2D eigenvalue weighted by Crippen LogP contribution is 2.27. The first-order valence-corrected chi connectivity index (χ1v) is 12.5. The molecule has 0 saturated heterocycles. The number of nitrogens with one attached hydrogen (secondary N) is 1. The van der Waals surface area contributed by atoms with Crippen molar-refractivity contribution in [2.45, 2.75) is 45.7 Å². The van der Waals surface area contributed by atoms with Gasteiger partial charge in [-0.25, -0.2) is 8.42 Å². The van der Waals surface area contributed by atoms with Gasteiger partial charge in [-0.2, -0.15) is 0 Å². The van der Waals surface area contributed by atoms with Gasteiger partial charge in [-0.15, -0.1) is 0 Å². The molecule has 0 aromatic heterocycles. The molecule has 8 heteroatoms. The molecule has 0 heterocycles. The van der Waals surface area contributed by atoms with Gasteiger partial charge in [-0.1, -0.05) is 50.6 Å². The van der Waals surface area contributed by atoms with E-state index in [0.717, 1.165) is 21.9 Å². The maximum atomic E-state index is 13.3. The van der Waals surface area contributed by atoms with Crippen LogP contribution in [0.15, 0.2) is 48.5 Å². The van der Waals surface area contributed by atoms with Crippen LogP contribution in [0.5, 0.6) is 5.75 Å². The lowest BCUT2D eigenvalue weighted by Crippen LogP contribution is -2.50. The van der Waals surface area contributed by atoms with Crippen LogP contribution in [-0.4, -0.2) is 33.7 Å². The minimum Gasteiger partial charge on any atom is -0.497 e. The number of hydrogen-bond acceptors (Lipinski definition) is 4. The molecule has 31 heavy (non-hydrogen) atoms. The number of carbonyl (C=O) groups is 1. The highest BCUT2D eigenvalue weighted by Gasteiger charge is 2.33. The summed E-state index contributed by atoms with van der Waals surface area (Å²) >= 11 is 6.08. The summed E-state index contributed by atoms with van der Waals surface area (Å²) in [5.74, 6) is 0.704. The second-order valence-electron chi connectivity index (χ2n) is 7.93. The van der Waals surface area contributed by atoms with Crippen LogP contribution in [0.2, 0.25) is 5.02 Å². The SMILES string of the molecule is CC[C@@H](C(=O)N[C@H](CC(C)C)c1ccc(OC)cc1)N(c1cccc(Cl)c1)S(C)(=O)=O. The average Bonchev–Trinajstić information content (AvgIpc) is 2.70. The minimum absolute atomic E-state index is 0.256. The Hall–Kier alpha value is -2.25. The molecule has 6 nitrogen and oxygen atoms in total. The standard InChI is InChI=1S/C23H31ClN2O4S/c1-6-22(26(31(5,28)29)19-9-7-8-18(24)15-19)23(27)25-21(14-16(2)3)17-10-12-20(30-4)13-11-17/h7-13,15-16,21-22H,6,14H2,1-5H3,(H,25,27)/t21-,22+/m1/s1. The van der Waals surface area contributed by atoms with Gasteiger partial charge in [0, 0.05) is 5.02 Å². The number of rotatable bonds is 10. The molecule has 0 saturated carbocycles. The minimum atomic E-state index is -3.73. The Morgan fingerprint density at radius 1 is 1.16 bits per heavy atom. The van der Waals surface area contributed by atoms with Crippen molar-refractivity contribution in [3.05, 3.63) is 59.1 Å². The fourth-order valence-corrected chi connectivity index (χ4v) is 4.92. The molecule has 1 N–H and O–H groups in total. The van der Waals surface area contributed by atoms with Crippen LogP contribution in [0.4, 0.5) is 5.69 Å². The van der Waals surface area contributed by atoms with Crippen molar-refractivity contribution in [3.8, 4) is 5.75 Å². The van der Waals surface area contributed by atoms with Gasteiger partial charge < -0.3 is 10.1 Å². The van der Waals surface area contributed by atoms with E-state index >= 15 is 0 Å². The predicted octanol–water partition coefficient (Wildman–Crippen LogP) is 4.80. The topological polar surface area (TPSA) is 75.7 Å². The largest absolute Gasteiger partial charge is 0.497 e. The molecule has 2 rings (SSSR count). The van der Waals surface area contributed by atoms with Crippen molar-refractivity contribution in [1.29, 1.82) is 0 Å². The molecule has 0 aliphatic heterocycles. The summed E-state index contributed by atoms with van der Waals surface area (Å²) in [5.41, 5.74) is 1.30. The molecule has 170 valence electrons. The Kier molecular flexibility index (Phi) is 8.77. The van der Waals surface area contributed by atoms with Crippen LogP contribution in [0.3, 0.4) is 0 Å². The average molecular weight is 467 g/mol. The third-order valence-corrected chi connectivity index (χ3v) is 6.35. The van der Waals surface area contributed by atoms with E-state index in [4.69, 9.17) is 16.3 Å². The first kappa shape index (κ1) is 25.0. The molecule has 0 unspecified atom stereocenters. The molecular weight excluding hydrogens is 436 g/mol. The molecule has 0 bridgehead atoms. The number of hydrogen-bond donors (Lipinski definition) is 1. The summed E-state index contributed by atoms with van der Waals surface area (Å²) in [6.45, 7) is 5.95. The Morgan fingerprint density at radius 3 is 2.29 bits per heavy atom. The molecule has 0 fully saturated rings. The lowest BCUT2D eigenvalue weighted by Gasteiger charge is -2.32. The summed E-state index contributed by atoms with van der Waals surface area (Å²) in [5, 5.41) is 3.47. The van der Waals surface area contributed by atoms with Crippen molar-refractivity contribution in [1.82, 2.24) is 5.32 Å². The van der Waals surface area contributed by atoms with E-state index in [9.17, 15) is 13.2 Å². The first-order chi connectivity index (χ1) is 14.6. The summed E-state index contributed by atoms with van der Waals surface area (Å²) in [7, 11) is -2.13. The summed E-state index contributed by atoms with van der Waals surface area (Å²) < 4.78 is 31.7. The van der Waals surface area contributed by atoms with Crippen molar-refractivity contribution in [2.24, 2.45) is 5.92 Å². The second kappa shape index (κ2) is 10.9. The zero-order valence-corrected chi connectivity index (χ0v) is 20.2. The monoisotopic (exact) mass is 466 g/mol. The van der Waals surface area contributed by atoms with Gasteiger partial charge in [0.25, 0.3) is 0 Å². The Morgan fingerprint density at radius 2 is 1.81 bits per heavy atom. The van der Waals surface area contributed by atoms with E-state index in [1.54, 1.807) is 38.3 Å². The first-order valence-electron chi connectivity index (χ1n) is 10.3. The van der Waals surface area contributed by atoms with Gasteiger partial charge in [0.1, 0.15) is 11.8 Å². The summed E-state index contributed by atoms with van der Waals surface area (Å²) in [6, 6.07) is 12.9. The number of anilines is 1. The summed E-state index contributed by atoms with van der Waals surface area (Å²) in [4.78, 5) is 13.3. The van der Waals surface area contributed by atoms with E-state index in [2.05, 4.69) is 19.2 Å². The Balaban J connectivity index is 2.37. The lowest BCUT2D eigenvalue weighted by atomic mass is 9.96. The van der Waals surface area contributed by atoms with E-state index in [1.165, 1.54) is 0 Å². The molecule has 0 aliphatic carbocycles.